The van der Waals surface area contributed by atoms with Gasteiger partial charge in [-0.2, -0.15) is 14.6 Å². The van der Waals surface area contributed by atoms with E-state index in [2.05, 4.69) is 35.3 Å². The molecule has 12 heteroatoms. The number of nitrogens with one attached hydrogen (secondary N) is 2. The first-order valence-electron chi connectivity index (χ1n) is 9.29. The van der Waals surface area contributed by atoms with E-state index in [-0.39, 0.29) is 12.1 Å². The number of aryl methyl sites for hydroxylation is 1. The molecule has 5 aromatic rings. The van der Waals surface area contributed by atoms with Gasteiger partial charge in [0.15, 0.2) is 16.8 Å². The number of aromatic nitrogens is 8. The van der Waals surface area contributed by atoms with Crippen LogP contribution in [0.1, 0.15) is 11.5 Å². The van der Waals surface area contributed by atoms with Crippen molar-refractivity contribution in [2.75, 3.05) is 12.4 Å². The van der Waals surface area contributed by atoms with E-state index >= 15 is 0 Å². The maximum atomic E-state index is 12.9. The van der Waals surface area contributed by atoms with Crippen LogP contribution in [0.3, 0.4) is 0 Å². The number of benzene rings is 1. The smallest absolute Gasteiger partial charge is 0.280 e. The third-order valence-corrected chi connectivity index (χ3v) is 4.87. The molecule has 0 unspecified atom stereocenters. The van der Waals surface area contributed by atoms with Crippen LogP contribution in [0, 0.1) is 6.92 Å². The fraction of sp³-hybridized carbons (Fsp3) is 0.158. The highest BCUT2D eigenvalue weighted by Gasteiger charge is 2.15. The second-order valence-corrected chi connectivity index (χ2v) is 7.15. The number of nitrogens with zero attached hydrogens (tertiary/aromatic N) is 7. The maximum Gasteiger partial charge on any atom is 0.280 e. The molecule has 0 aliphatic heterocycles. The molecule has 0 radical (unpaired) electrons. The van der Waals surface area contributed by atoms with Crippen LogP contribution in [0.5, 0.6) is 11.6 Å². The summed E-state index contributed by atoms with van der Waals surface area (Å²) in [7, 11) is 1.72. The van der Waals surface area contributed by atoms with E-state index < -0.39 is 0 Å². The van der Waals surface area contributed by atoms with Crippen molar-refractivity contribution in [1.29, 1.82) is 0 Å². The lowest BCUT2D eigenvalue weighted by molar-refractivity contribution is 0.462. The van der Waals surface area contributed by atoms with E-state index in [0.29, 0.717) is 50.9 Å². The van der Waals surface area contributed by atoms with Crippen LogP contribution in [0.2, 0.25) is 5.02 Å². The van der Waals surface area contributed by atoms with Crippen LogP contribution < -0.4 is 15.6 Å². The zero-order chi connectivity index (χ0) is 21.5. The SMILES string of the molecule is CNc1nc(C)c2c(=O)n(Cc3nc4ncc(Oc5ccc(Cl)cc5)nc4[nH]3)cnn12. The number of anilines is 1. The third kappa shape index (κ3) is 3.44. The minimum absolute atomic E-state index is 0.174. The molecule has 0 amide bonds. The van der Waals surface area contributed by atoms with Gasteiger partial charge >= 0.3 is 0 Å². The summed E-state index contributed by atoms with van der Waals surface area (Å²) in [5.41, 5.74) is 1.63. The van der Waals surface area contributed by atoms with E-state index in [1.54, 1.807) is 38.2 Å². The highest BCUT2D eigenvalue weighted by atomic mass is 35.5. The zero-order valence-corrected chi connectivity index (χ0v) is 17.3. The number of fused-ring (bicyclic) bond motifs is 2. The Morgan fingerprint density at radius 2 is 2.00 bits per heavy atom. The Balaban J connectivity index is 1.44. The van der Waals surface area contributed by atoms with E-state index in [1.807, 2.05) is 0 Å². The molecule has 0 aliphatic rings. The molecule has 156 valence electrons. The maximum absolute atomic E-state index is 12.9. The van der Waals surface area contributed by atoms with E-state index in [0.717, 1.165) is 0 Å². The molecule has 0 atom stereocenters. The first kappa shape index (κ1) is 19.0. The van der Waals surface area contributed by atoms with E-state index in [4.69, 9.17) is 16.3 Å². The number of hydrogen-bond donors (Lipinski definition) is 2. The molecule has 5 rings (SSSR count). The van der Waals surface area contributed by atoms with Gasteiger partial charge in [-0.05, 0) is 31.2 Å². The Kier molecular flexibility index (Phi) is 4.51. The van der Waals surface area contributed by atoms with Crippen molar-refractivity contribution in [2.45, 2.75) is 13.5 Å². The van der Waals surface area contributed by atoms with Crippen LogP contribution in [-0.2, 0) is 6.54 Å². The third-order valence-electron chi connectivity index (χ3n) is 4.61. The molecular weight excluding hydrogens is 422 g/mol. The van der Waals surface area contributed by atoms with Crippen LogP contribution in [-0.4, -0.2) is 46.1 Å². The molecule has 11 nitrogen and oxygen atoms in total. The summed E-state index contributed by atoms with van der Waals surface area (Å²) in [5, 5.41) is 7.84. The summed E-state index contributed by atoms with van der Waals surface area (Å²) in [6.07, 6.45) is 2.93. The lowest BCUT2D eigenvalue weighted by Crippen LogP contribution is -2.24. The quantitative estimate of drug-likeness (QED) is 0.429. The molecule has 4 heterocycles. The Morgan fingerprint density at radius 3 is 2.77 bits per heavy atom. The van der Waals surface area contributed by atoms with Crippen molar-refractivity contribution in [3.63, 3.8) is 0 Å². The van der Waals surface area contributed by atoms with Crippen molar-refractivity contribution < 1.29 is 4.74 Å². The first-order valence-corrected chi connectivity index (χ1v) is 9.67. The fourth-order valence-corrected chi connectivity index (χ4v) is 3.31. The van der Waals surface area contributed by atoms with Crippen molar-refractivity contribution in [3.05, 3.63) is 63.7 Å². The van der Waals surface area contributed by atoms with Gasteiger partial charge in [0.1, 0.15) is 17.9 Å². The van der Waals surface area contributed by atoms with Crippen LogP contribution >= 0.6 is 11.6 Å². The fourth-order valence-electron chi connectivity index (χ4n) is 3.19. The highest BCUT2D eigenvalue weighted by molar-refractivity contribution is 6.30. The predicted molar refractivity (Wildman–Crippen MR) is 114 cm³/mol. The minimum Gasteiger partial charge on any atom is -0.437 e. The average molecular weight is 438 g/mol. The molecule has 0 saturated heterocycles. The first-order chi connectivity index (χ1) is 15.0. The predicted octanol–water partition coefficient (Wildman–Crippen LogP) is 2.40. The molecule has 0 aliphatic carbocycles. The number of hydrogen-bond acceptors (Lipinski definition) is 8. The summed E-state index contributed by atoms with van der Waals surface area (Å²) in [6.45, 7) is 1.94. The molecule has 31 heavy (non-hydrogen) atoms. The average Bonchev–Trinajstić information content (AvgIpc) is 3.31. The second-order valence-electron chi connectivity index (χ2n) is 6.72. The van der Waals surface area contributed by atoms with Crippen molar-refractivity contribution >= 4 is 34.4 Å². The number of ether oxygens (including phenoxy) is 1. The second kappa shape index (κ2) is 7.36. The largest absolute Gasteiger partial charge is 0.437 e. The molecule has 0 bridgehead atoms. The summed E-state index contributed by atoms with van der Waals surface area (Å²) in [5.74, 6) is 1.90. The molecule has 0 saturated carbocycles. The standard InChI is InChI=1S/C19H16ClN9O2/c1-10-15-18(30)28(9-23-29(15)19(21-2)24-10)8-13-25-16-17(26-13)27-14(7-22-16)31-12-5-3-11(20)4-6-12/h3-7,9H,8H2,1-2H3,(H,21,24)(H,22,25,26,27). The van der Waals surface area contributed by atoms with Gasteiger partial charge in [-0.1, -0.05) is 11.6 Å². The minimum atomic E-state index is -0.227. The van der Waals surface area contributed by atoms with E-state index in [1.165, 1.54) is 21.6 Å². The highest BCUT2D eigenvalue weighted by Crippen LogP contribution is 2.22. The Morgan fingerprint density at radius 1 is 1.19 bits per heavy atom. The van der Waals surface area contributed by atoms with Gasteiger partial charge in [0.25, 0.3) is 5.56 Å². The van der Waals surface area contributed by atoms with E-state index in [9.17, 15) is 4.79 Å². The topological polar surface area (TPSA) is 128 Å². The molecular formula is C19H16ClN9O2. The molecule has 4 aromatic heterocycles. The van der Waals surface area contributed by atoms with Gasteiger partial charge in [-0.15, -0.1) is 0 Å². The molecule has 1 aromatic carbocycles. The summed E-state index contributed by atoms with van der Waals surface area (Å²) in [6, 6.07) is 6.92. The van der Waals surface area contributed by atoms with Crippen molar-refractivity contribution in [2.24, 2.45) is 0 Å². The number of imidazole rings is 2. The molecule has 2 N–H and O–H groups in total. The Bertz CT molecular complexity index is 1470. The van der Waals surface area contributed by atoms with Gasteiger partial charge in [0, 0.05) is 12.1 Å². The molecule has 0 spiro atoms. The monoisotopic (exact) mass is 437 g/mol. The summed E-state index contributed by atoms with van der Waals surface area (Å²) >= 11 is 5.89. The van der Waals surface area contributed by atoms with Gasteiger partial charge in [0.2, 0.25) is 11.8 Å². The number of halogens is 1. The summed E-state index contributed by atoms with van der Waals surface area (Å²) in [4.78, 5) is 33.4. The van der Waals surface area contributed by atoms with Gasteiger partial charge in [0.05, 0.1) is 18.4 Å². The van der Waals surface area contributed by atoms with Gasteiger partial charge < -0.3 is 15.0 Å². The Labute approximate surface area is 179 Å². The number of aromatic amines is 1. The number of rotatable bonds is 5. The normalized spacial score (nSPS) is 11.3. The lowest BCUT2D eigenvalue weighted by Gasteiger charge is -2.04. The molecule has 0 fully saturated rings. The number of H-pyrrole nitrogens is 1. The van der Waals surface area contributed by atoms with Gasteiger partial charge in [-0.3, -0.25) is 9.36 Å². The van der Waals surface area contributed by atoms with Gasteiger partial charge in [-0.25, -0.2) is 15.0 Å². The van der Waals surface area contributed by atoms with Crippen molar-refractivity contribution in [3.8, 4) is 11.6 Å². The van der Waals surface area contributed by atoms with Crippen LogP contribution in [0.4, 0.5) is 5.95 Å². The van der Waals surface area contributed by atoms with Crippen LogP contribution in [0.25, 0.3) is 16.8 Å². The van der Waals surface area contributed by atoms with Crippen LogP contribution in [0.15, 0.2) is 41.6 Å². The lowest BCUT2D eigenvalue weighted by atomic mass is 10.3. The zero-order valence-electron chi connectivity index (χ0n) is 16.5. The van der Waals surface area contributed by atoms with Crippen molar-refractivity contribution in [1.82, 2.24) is 39.1 Å². The Hall–Kier alpha value is -3.99. The summed E-state index contributed by atoms with van der Waals surface area (Å²) < 4.78 is 8.63.